The molecule has 0 aliphatic rings. The van der Waals surface area contributed by atoms with E-state index in [1.54, 1.807) is 13.8 Å². The number of sulfone groups is 1. The van der Waals surface area contributed by atoms with Crippen LogP contribution in [0.1, 0.15) is 13.8 Å². The summed E-state index contributed by atoms with van der Waals surface area (Å²) in [6.45, 7) is 3.29. The van der Waals surface area contributed by atoms with Gasteiger partial charge in [-0.3, -0.25) is 0 Å². The lowest BCUT2D eigenvalue weighted by Crippen LogP contribution is -2.14. The fourth-order valence-corrected chi connectivity index (χ4v) is 1.34. The van der Waals surface area contributed by atoms with Gasteiger partial charge in [0, 0.05) is 0 Å². The molecule has 0 radical (unpaired) electrons. The van der Waals surface area contributed by atoms with E-state index in [1.165, 1.54) is 0 Å². The number of rotatable bonds is 2. The highest BCUT2D eigenvalue weighted by molar-refractivity contribution is 8.04. The maximum atomic E-state index is 10.6. The van der Waals surface area contributed by atoms with Crippen molar-refractivity contribution in [3.63, 3.8) is 0 Å². The number of hydrogen-bond acceptors (Lipinski definition) is 3. The highest BCUT2D eigenvalue weighted by Crippen LogP contribution is 2.00. The summed E-state index contributed by atoms with van der Waals surface area (Å²) < 4.78 is 21.2. The van der Waals surface area contributed by atoms with Crippen LogP contribution in [-0.4, -0.2) is 18.8 Å². The van der Waals surface area contributed by atoms with Crippen LogP contribution in [0.5, 0.6) is 0 Å². The van der Waals surface area contributed by atoms with Gasteiger partial charge in [0.25, 0.3) is 0 Å². The molecule has 0 aromatic carbocycles. The van der Waals surface area contributed by atoms with Gasteiger partial charge < -0.3 is 0 Å². The smallest absolute Gasteiger partial charge is 0.161 e. The van der Waals surface area contributed by atoms with E-state index in [2.05, 4.69) is 12.6 Å². The quantitative estimate of drug-likeness (QED) is 0.594. The highest BCUT2D eigenvalue weighted by atomic mass is 32.2. The summed E-state index contributed by atoms with van der Waals surface area (Å²) in [7, 11) is -2.87. The standard InChI is InChI=1S/C4H10O2S2/c1-4(2)8(5,6)3-7/h4,7H,3H2,1-2H3. The lowest BCUT2D eigenvalue weighted by Gasteiger charge is -2.00. The zero-order chi connectivity index (χ0) is 6.78. The van der Waals surface area contributed by atoms with E-state index in [0.717, 1.165) is 0 Å². The van der Waals surface area contributed by atoms with Crippen molar-refractivity contribution in [3.05, 3.63) is 0 Å². The minimum atomic E-state index is -2.87. The third-order valence-electron chi connectivity index (χ3n) is 0.898. The molecule has 0 saturated heterocycles. The van der Waals surface area contributed by atoms with E-state index in [9.17, 15) is 8.42 Å². The first-order valence-electron chi connectivity index (χ1n) is 2.33. The van der Waals surface area contributed by atoms with Crippen LogP contribution in [0.15, 0.2) is 0 Å². The van der Waals surface area contributed by atoms with Gasteiger partial charge in [-0.2, -0.15) is 12.6 Å². The van der Waals surface area contributed by atoms with E-state index in [0.29, 0.717) is 0 Å². The minimum Gasteiger partial charge on any atom is -0.228 e. The Morgan fingerprint density at radius 1 is 1.50 bits per heavy atom. The highest BCUT2D eigenvalue weighted by Gasteiger charge is 2.11. The first-order chi connectivity index (χ1) is 3.50. The number of thiol groups is 1. The van der Waals surface area contributed by atoms with Gasteiger partial charge in [0.05, 0.1) is 10.3 Å². The first-order valence-corrected chi connectivity index (χ1v) is 4.68. The van der Waals surface area contributed by atoms with Crippen LogP contribution in [0.3, 0.4) is 0 Å². The molecule has 0 heterocycles. The van der Waals surface area contributed by atoms with Crippen LogP contribution in [0.4, 0.5) is 0 Å². The van der Waals surface area contributed by atoms with Gasteiger partial charge in [-0.05, 0) is 13.8 Å². The monoisotopic (exact) mass is 154 g/mol. The lowest BCUT2D eigenvalue weighted by molar-refractivity contribution is 0.592. The van der Waals surface area contributed by atoms with Crippen molar-refractivity contribution in [2.45, 2.75) is 19.1 Å². The summed E-state index contributed by atoms with van der Waals surface area (Å²) in [6.07, 6.45) is 0. The predicted molar refractivity (Wildman–Crippen MR) is 37.9 cm³/mol. The Kier molecular flexibility index (Phi) is 2.83. The van der Waals surface area contributed by atoms with Gasteiger partial charge in [-0.25, -0.2) is 8.42 Å². The predicted octanol–water partition coefficient (Wildman–Crippen LogP) is 0.697. The molecule has 50 valence electrons. The van der Waals surface area contributed by atoms with Crippen molar-refractivity contribution >= 4 is 22.5 Å². The SMILES string of the molecule is CC(C)S(=O)(=O)CS. The molecule has 4 heteroatoms. The zero-order valence-electron chi connectivity index (χ0n) is 4.96. The van der Waals surface area contributed by atoms with Crippen molar-refractivity contribution in [1.29, 1.82) is 0 Å². The van der Waals surface area contributed by atoms with Gasteiger partial charge in [-0.1, -0.05) is 0 Å². The Hall–Kier alpha value is 0.300. The zero-order valence-corrected chi connectivity index (χ0v) is 6.67. The molecule has 0 spiro atoms. The van der Waals surface area contributed by atoms with Crippen molar-refractivity contribution in [2.24, 2.45) is 0 Å². The van der Waals surface area contributed by atoms with Crippen molar-refractivity contribution < 1.29 is 8.42 Å². The molecule has 0 aliphatic heterocycles. The maximum Gasteiger partial charge on any atom is 0.161 e. The lowest BCUT2D eigenvalue weighted by atomic mass is 10.6. The summed E-state index contributed by atoms with van der Waals surface area (Å²) in [6, 6.07) is 0. The molecule has 0 N–H and O–H groups in total. The molecule has 0 aliphatic carbocycles. The Bertz CT molecular complexity index is 145. The van der Waals surface area contributed by atoms with Crippen LogP contribution in [0, 0.1) is 0 Å². The molecule has 0 rings (SSSR count). The Labute approximate surface area is 55.6 Å². The summed E-state index contributed by atoms with van der Waals surface area (Å²) >= 11 is 3.65. The van der Waals surface area contributed by atoms with Crippen LogP contribution in [-0.2, 0) is 9.84 Å². The average molecular weight is 154 g/mol. The van der Waals surface area contributed by atoms with E-state index >= 15 is 0 Å². The molecule has 2 nitrogen and oxygen atoms in total. The summed E-state index contributed by atoms with van der Waals surface area (Å²) in [5, 5.41) is -0.343. The average Bonchev–Trinajstić information content (AvgIpc) is 1.67. The third kappa shape index (κ3) is 2.05. The first kappa shape index (κ1) is 8.30. The second-order valence-corrected chi connectivity index (χ2v) is 5.14. The van der Waals surface area contributed by atoms with Crippen LogP contribution in [0.2, 0.25) is 0 Å². The summed E-state index contributed by atoms with van der Waals surface area (Å²) in [5.41, 5.74) is 0. The van der Waals surface area contributed by atoms with Gasteiger partial charge in [0.15, 0.2) is 9.84 Å². The number of hydrogen-bond donors (Lipinski definition) is 1. The van der Waals surface area contributed by atoms with Crippen molar-refractivity contribution in [1.82, 2.24) is 0 Å². The molecule has 0 fully saturated rings. The fraction of sp³-hybridized carbons (Fsp3) is 1.00. The molecular weight excluding hydrogens is 144 g/mol. The Balaban J connectivity index is 4.17. The molecule has 0 atom stereocenters. The summed E-state index contributed by atoms with van der Waals surface area (Å²) in [5.74, 6) is 0. The topological polar surface area (TPSA) is 34.1 Å². The molecule has 0 aromatic rings. The van der Waals surface area contributed by atoms with E-state index in [-0.39, 0.29) is 10.3 Å². The second kappa shape index (κ2) is 2.73. The van der Waals surface area contributed by atoms with Gasteiger partial charge in [0.2, 0.25) is 0 Å². The van der Waals surface area contributed by atoms with Gasteiger partial charge in [-0.15, -0.1) is 0 Å². The van der Waals surface area contributed by atoms with Crippen molar-refractivity contribution in [3.8, 4) is 0 Å². The maximum absolute atomic E-state index is 10.6. The third-order valence-corrected chi connectivity index (χ3v) is 3.77. The normalized spacial score (nSPS) is 12.5. The van der Waals surface area contributed by atoms with Gasteiger partial charge >= 0.3 is 0 Å². The Morgan fingerprint density at radius 2 is 1.88 bits per heavy atom. The van der Waals surface area contributed by atoms with E-state index in [4.69, 9.17) is 0 Å². The molecule has 0 bridgehead atoms. The molecular formula is C4H10O2S2. The molecule has 0 saturated carbocycles. The minimum absolute atomic E-state index is 0.0509. The second-order valence-electron chi connectivity index (χ2n) is 1.84. The van der Waals surface area contributed by atoms with E-state index < -0.39 is 9.84 Å². The fourth-order valence-electron chi connectivity index (χ4n) is 0.149. The molecule has 0 amide bonds. The van der Waals surface area contributed by atoms with Crippen LogP contribution in [0.25, 0.3) is 0 Å². The van der Waals surface area contributed by atoms with E-state index in [1.807, 2.05) is 0 Å². The van der Waals surface area contributed by atoms with Crippen LogP contribution < -0.4 is 0 Å². The van der Waals surface area contributed by atoms with Gasteiger partial charge in [0.1, 0.15) is 0 Å². The van der Waals surface area contributed by atoms with Crippen LogP contribution >= 0.6 is 12.6 Å². The van der Waals surface area contributed by atoms with Crippen molar-refractivity contribution in [2.75, 3.05) is 5.08 Å². The largest absolute Gasteiger partial charge is 0.228 e. The Morgan fingerprint density at radius 3 is 1.88 bits per heavy atom. The molecule has 0 aromatic heterocycles. The molecule has 8 heavy (non-hydrogen) atoms. The molecule has 0 unspecified atom stereocenters. The summed E-state index contributed by atoms with van der Waals surface area (Å²) in [4.78, 5) is 0.